The minimum atomic E-state index is 0.516. The normalized spacial score (nSPS) is 17.3. The SMILES string of the molecule is CCCN1CCC(NC(=NC)NCc2csc(N(C)C)n2)CC1. The highest BCUT2D eigenvalue weighted by Crippen LogP contribution is 2.17. The maximum absolute atomic E-state index is 4.59. The largest absolute Gasteiger partial charge is 0.354 e. The van der Waals surface area contributed by atoms with Gasteiger partial charge in [-0.3, -0.25) is 4.99 Å². The molecule has 23 heavy (non-hydrogen) atoms. The van der Waals surface area contributed by atoms with Gasteiger partial charge in [0.15, 0.2) is 11.1 Å². The third kappa shape index (κ3) is 5.66. The van der Waals surface area contributed by atoms with Crippen molar-refractivity contribution in [1.29, 1.82) is 0 Å². The van der Waals surface area contributed by atoms with E-state index in [0.717, 1.165) is 16.8 Å². The van der Waals surface area contributed by atoms with E-state index in [1.165, 1.54) is 38.9 Å². The Bertz CT molecular complexity index is 491. The highest BCUT2D eigenvalue weighted by Gasteiger charge is 2.19. The Morgan fingerprint density at radius 2 is 2.17 bits per heavy atom. The van der Waals surface area contributed by atoms with Crippen LogP contribution in [0, 0.1) is 0 Å². The van der Waals surface area contributed by atoms with E-state index in [0.29, 0.717) is 12.6 Å². The molecular weight excluding hydrogens is 308 g/mol. The van der Waals surface area contributed by atoms with Gasteiger partial charge in [0.05, 0.1) is 12.2 Å². The van der Waals surface area contributed by atoms with E-state index in [-0.39, 0.29) is 0 Å². The first-order chi connectivity index (χ1) is 11.1. The number of piperidine rings is 1. The highest BCUT2D eigenvalue weighted by atomic mass is 32.1. The molecule has 2 rings (SSSR count). The molecule has 1 aliphatic rings. The lowest BCUT2D eigenvalue weighted by Crippen LogP contribution is -2.48. The zero-order chi connectivity index (χ0) is 16.7. The summed E-state index contributed by atoms with van der Waals surface area (Å²) >= 11 is 1.67. The standard InChI is InChI=1S/C16H30N6S/c1-5-8-22-9-6-13(7-10-22)19-15(17-2)18-11-14-12-23-16(20-14)21(3)4/h12-13H,5-11H2,1-4H3,(H2,17,18,19). The molecule has 130 valence electrons. The molecule has 2 N–H and O–H groups in total. The molecule has 1 aromatic heterocycles. The molecule has 1 fully saturated rings. The van der Waals surface area contributed by atoms with Crippen molar-refractivity contribution in [3.63, 3.8) is 0 Å². The Hall–Kier alpha value is -1.34. The van der Waals surface area contributed by atoms with E-state index in [2.05, 4.69) is 37.8 Å². The Labute approximate surface area is 144 Å². The molecule has 0 saturated carbocycles. The van der Waals surface area contributed by atoms with Crippen LogP contribution in [0.1, 0.15) is 31.9 Å². The number of guanidine groups is 1. The predicted molar refractivity (Wildman–Crippen MR) is 99.5 cm³/mol. The summed E-state index contributed by atoms with van der Waals surface area (Å²) < 4.78 is 0. The number of thiazole rings is 1. The number of aromatic nitrogens is 1. The van der Waals surface area contributed by atoms with Crippen molar-refractivity contribution >= 4 is 22.4 Å². The van der Waals surface area contributed by atoms with Gasteiger partial charge in [-0.05, 0) is 25.8 Å². The molecule has 0 spiro atoms. The number of aliphatic imine (C=N–C) groups is 1. The first-order valence-electron chi connectivity index (χ1n) is 8.43. The lowest BCUT2D eigenvalue weighted by atomic mass is 10.1. The summed E-state index contributed by atoms with van der Waals surface area (Å²) in [6.45, 7) is 6.54. The third-order valence-electron chi connectivity index (χ3n) is 4.05. The summed E-state index contributed by atoms with van der Waals surface area (Å²) in [6.07, 6.45) is 3.61. The van der Waals surface area contributed by atoms with Crippen LogP contribution in [0.3, 0.4) is 0 Å². The van der Waals surface area contributed by atoms with Crippen molar-refractivity contribution in [3.8, 4) is 0 Å². The number of likely N-dealkylation sites (tertiary alicyclic amines) is 1. The predicted octanol–water partition coefficient (Wildman–Crippen LogP) is 1.75. The van der Waals surface area contributed by atoms with Crippen molar-refractivity contribution in [3.05, 3.63) is 11.1 Å². The van der Waals surface area contributed by atoms with Crippen molar-refractivity contribution in [2.75, 3.05) is 45.7 Å². The van der Waals surface area contributed by atoms with Crippen molar-refractivity contribution in [1.82, 2.24) is 20.5 Å². The quantitative estimate of drug-likeness (QED) is 0.611. The maximum atomic E-state index is 4.59. The summed E-state index contributed by atoms with van der Waals surface area (Å²) in [4.78, 5) is 13.5. The van der Waals surface area contributed by atoms with E-state index >= 15 is 0 Å². The van der Waals surface area contributed by atoms with E-state index in [4.69, 9.17) is 0 Å². The molecule has 0 radical (unpaired) electrons. The number of rotatable bonds is 6. The summed E-state index contributed by atoms with van der Waals surface area (Å²) in [6, 6.07) is 0.516. The first-order valence-corrected chi connectivity index (χ1v) is 9.31. The second-order valence-corrected chi connectivity index (χ2v) is 7.04. The van der Waals surface area contributed by atoms with Crippen molar-refractivity contribution in [2.24, 2.45) is 4.99 Å². The van der Waals surface area contributed by atoms with Gasteiger partial charge < -0.3 is 20.4 Å². The molecule has 0 amide bonds. The number of nitrogens with one attached hydrogen (secondary N) is 2. The van der Waals surface area contributed by atoms with Gasteiger partial charge >= 0.3 is 0 Å². The number of anilines is 1. The minimum Gasteiger partial charge on any atom is -0.354 e. The van der Waals surface area contributed by atoms with Gasteiger partial charge in [0, 0.05) is 45.7 Å². The van der Waals surface area contributed by atoms with Gasteiger partial charge in [-0.25, -0.2) is 4.98 Å². The van der Waals surface area contributed by atoms with E-state index in [1.807, 2.05) is 26.0 Å². The number of hydrogen-bond acceptors (Lipinski definition) is 5. The van der Waals surface area contributed by atoms with Gasteiger partial charge in [0.2, 0.25) is 0 Å². The summed E-state index contributed by atoms with van der Waals surface area (Å²) in [5, 5.41) is 10.0. The first kappa shape index (κ1) is 18.0. The minimum absolute atomic E-state index is 0.516. The molecule has 0 unspecified atom stereocenters. The van der Waals surface area contributed by atoms with Crippen LogP contribution in [0.5, 0.6) is 0 Å². The Balaban J connectivity index is 1.75. The third-order valence-corrected chi connectivity index (χ3v) is 5.11. The molecule has 0 atom stereocenters. The fourth-order valence-electron chi connectivity index (χ4n) is 2.76. The summed E-state index contributed by atoms with van der Waals surface area (Å²) in [5.41, 5.74) is 1.06. The van der Waals surface area contributed by atoms with Gasteiger partial charge in [-0.15, -0.1) is 11.3 Å². The fraction of sp³-hybridized carbons (Fsp3) is 0.750. The summed E-state index contributed by atoms with van der Waals surface area (Å²) in [7, 11) is 5.86. The Kier molecular flexibility index (Phi) is 7.11. The van der Waals surface area contributed by atoms with Crippen LogP contribution < -0.4 is 15.5 Å². The molecule has 1 aliphatic heterocycles. The monoisotopic (exact) mass is 338 g/mol. The molecule has 1 saturated heterocycles. The van der Waals surface area contributed by atoms with Gasteiger partial charge in [-0.2, -0.15) is 0 Å². The summed E-state index contributed by atoms with van der Waals surface area (Å²) in [5.74, 6) is 0.873. The van der Waals surface area contributed by atoms with Crippen LogP contribution in [0.25, 0.3) is 0 Å². The van der Waals surface area contributed by atoms with Crippen molar-refractivity contribution < 1.29 is 0 Å². The number of nitrogens with zero attached hydrogens (tertiary/aromatic N) is 4. The lowest BCUT2D eigenvalue weighted by molar-refractivity contribution is 0.206. The fourth-order valence-corrected chi connectivity index (χ4v) is 3.52. The molecule has 1 aromatic rings. The maximum Gasteiger partial charge on any atom is 0.191 e. The second-order valence-electron chi connectivity index (χ2n) is 6.20. The van der Waals surface area contributed by atoms with E-state index in [1.54, 1.807) is 11.3 Å². The smallest absolute Gasteiger partial charge is 0.191 e. The Morgan fingerprint density at radius 1 is 1.43 bits per heavy atom. The average molecular weight is 339 g/mol. The molecule has 0 aliphatic carbocycles. The highest BCUT2D eigenvalue weighted by molar-refractivity contribution is 7.13. The molecular formula is C16H30N6S. The lowest BCUT2D eigenvalue weighted by Gasteiger charge is -2.32. The average Bonchev–Trinajstić information content (AvgIpc) is 3.02. The Morgan fingerprint density at radius 3 is 2.74 bits per heavy atom. The van der Waals surface area contributed by atoms with Gasteiger partial charge in [0.1, 0.15) is 0 Å². The van der Waals surface area contributed by atoms with Crippen LogP contribution in [0.4, 0.5) is 5.13 Å². The molecule has 0 aromatic carbocycles. The number of hydrogen-bond donors (Lipinski definition) is 2. The topological polar surface area (TPSA) is 55.8 Å². The van der Waals surface area contributed by atoms with E-state index < -0.39 is 0 Å². The van der Waals surface area contributed by atoms with Crippen molar-refractivity contribution in [2.45, 2.75) is 38.8 Å². The van der Waals surface area contributed by atoms with E-state index in [9.17, 15) is 0 Å². The zero-order valence-corrected chi connectivity index (χ0v) is 15.6. The molecule has 2 heterocycles. The van der Waals surface area contributed by atoms with Crippen LogP contribution in [0.15, 0.2) is 10.4 Å². The zero-order valence-electron chi connectivity index (χ0n) is 14.8. The van der Waals surface area contributed by atoms with Gasteiger partial charge in [-0.1, -0.05) is 6.92 Å². The van der Waals surface area contributed by atoms with Crippen LogP contribution >= 0.6 is 11.3 Å². The molecule has 0 bridgehead atoms. The van der Waals surface area contributed by atoms with Crippen LogP contribution in [-0.4, -0.2) is 62.7 Å². The molecule has 7 heteroatoms. The van der Waals surface area contributed by atoms with Crippen LogP contribution in [0.2, 0.25) is 0 Å². The van der Waals surface area contributed by atoms with Crippen LogP contribution in [-0.2, 0) is 6.54 Å². The second kappa shape index (κ2) is 9.08. The van der Waals surface area contributed by atoms with Gasteiger partial charge in [0.25, 0.3) is 0 Å². The molecule has 6 nitrogen and oxygen atoms in total.